The summed E-state index contributed by atoms with van der Waals surface area (Å²) in [7, 11) is 1.57. The summed E-state index contributed by atoms with van der Waals surface area (Å²) in [6.07, 6.45) is 1.45. The van der Waals surface area contributed by atoms with Crippen molar-refractivity contribution >= 4 is 27.4 Å². The van der Waals surface area contributed by atoms with E-state index in [1.807, 2.05) is 18.4 Å². The monoisotopic (exact) mass is 287 g/mol. The van der Waals surface area contributed by atoms with Crippen molar-refractivity contribution < 1.29 is 4.74 Å². The van der Waals surface area contributed by atoms with Crippen LogP contribution < -0.4 is 10.1 Å². The number of nitrogens with one attached hydrogen (secondary N) is 1. The van der Waals surface area contributed by atoms with Gasteiger partial charge in [0.1, 0.15) is 22.7 Å². The van der Waals surface area contributed by atoms with Crippen LogP contribution in [0.4, 0.5) is 5.82 Å². The summed E-state index contributed by atoms with van der Waals surface area (Å²) in [5, 5.41) is 6.29. The lowest BCUT2D eigenvalue weighted by Crippen LogP contribution is -2.02. The Balaban J connectivity index is 2.14. The molecule has 6 nitrogen and oxygen atoms in total. The molecule has 0 aromatic carbocycles. The molecule has 0 fully saturated rings. The molecule has 102 valence electrons. The van der Waals surface area contributed by atoms with Gasteiger partial charge in [-0.1, -0.05) is 0 Å². The quantitative estimate of drug-likeness (QED) is 0.795. The third-order valence-corrected chi connectivity index (χ3v) is 3.56. The molecule has 0 bridgehead atoms. The average Bonchev–Trinajstić information content (AvgIpc) is 2.96. The SMILES string of the molecule is CCNc1nc(-c2cc(OC)ncn2)nc2sccc12. The summed E-state index contributed by atoms with van der Waals surface area (Å²) in [4.78, 5) is 18.2. The number of nitrogens with zero attached hydrogens (tertiary/aromatic N) is 4. The van der Waals surface area contributed by atoms with Gasteiger partial charge in [0.25, 0.3) is 0 Å². The van der Waals surface area contributed by atoms with Crippen LogP contribution in [-0.2, 0) is 0 Å². The van der Waals surface area contributed by atoms with Crippen LogP contribution in [0.25, 0.3) is 21.7 Å². The molecule has 0 spiro atoms. The minimum Gasteiger partial charge on any atom is -0.481 e. The number of aromatic nitrogens is 4. The Bertz CT molecular complexity index is 742. The van der Waals surface area contributed by atoms with Crippen LogP contribution in [-0.4, -0.2) is 33.6 Å². The fourth-order valence-corrected chi connectivity index (χ4v) is 2.61. The van der Waals surface area contributed by atoms with E-state index >= 15 is 0 Å². The van der Waals surface area contributed by atoms with Gasteiger partial charge in [-0.15, -0.1) is 11.3 Å². The van der Waals surface area contributed by atoms with Crippen molar-refractivity contribution in [3.8, 4) is 17.4 Å². The predicted molar refractivity (Wildman–Crippen MR) is 79.2 cm³/mol. The van der Waals surface area contributed by atoms with E-state index in [1.54, 1.807) is 24.5 Å². The van der Waals surface area contributed by atoms with Gasteiger partial charge in [-0.25, -0.2) is 19.9 Å². The Morgan fingerprint density at radius 3 is 3.00 bits per heavy atom. The Kier molecular flexibility index (Phi) is 3.42. The number of rotatable bonds is 4. The third-order valence-electron chi connectivity index (χ3n) is 2.75. The summed E-state index contributed by atoms with van der Waals surface area (Å²) in [6.45, 7) is 2.84. The second kappa shape index (κ2) is 5.38. The van der Waals surface area contributed by atoms with Gasteiger partial charge in [-0.3, -0.25) is 0 Å². The van der Waals surface area contributed by atoms with Crippen molar-refractivity contribution in [3.63, 3.8) is 0 Å². The zero-order valence-corrected chi connectivity index (χ0v) is 11.9. The standard InChI is InChI=1S/C13H13N5OS/c1-3-14-11-8-4-5-20-13(8)18-12(17-11)9-6-10(19-2)16-7-15-9/h4-7H,3H2,1-2H3,(H,14,17,18). The Morgan fingerprint density at radius 2 is 2.20 bits per heavy atom. The topological polar surface area (TPSA) is 72.8 Å². The highest BCUT2D eigenvalue weighted by atomic mass is 32.1. The predicted octanol–water partition coefficient (Wildman–Crippen LogP) is 2.59. The fraction of sp³-hybridized carbons (Fsp3) is 0.231. The van der Waals surface area contributed by atoms with Crippen LogP contribution in [0.15, 0.2) is 23.8 Å². The number of ether oxygens (including phenoxy) is 1. The van der Waals surface area contributed by atoms with Crippen LogP contribution in [0.2, 0.25) is 0 Å². The Hall–Kier alpha value is -2.28. The average molecular weight is 287 g/mol. The molecule has 0 amide bonds. The van der Waals surface area contributed by atoms with Crippen LogP contribution in [0.1, 0.15) is 6.92 Å². The maximum Gasteiger partial charge on any atom is 0.216 e. The van der Waals surface area contributed by atoms with Gasteiger partial charge in [0.15, 0.2) is 5.82 Å². The van der Waals surface area contributed by atoms with Gasteiger partial charge >= 0.3 is 0 Å². The number of fused-ring (bicyclic) bond motifs is 1. The number of anilines is 1. The zero-order chi connectivity index (χ0) is 13.9. The molecule has 3 aromatic rings. The molecule has 1 N–H and O–H groups in total. The molecule has 0 aliphatic rings. The summed E-state index contributed by atoms with van der Waals surface area (Å²) in [6, 6.07) is 3.74. The lowest BCUT2D eigenvalue weighted by atomic mass is 10.3. The van der Waals surface area contributed by atoms with Crippen LogP contribution in [0.3, 0.4) is 0 Å². The van der Waals surface area contributed by atoms with E-state index in [1.165, 1.54) is 6.33 Å². The summed E-state index contributed by atoms with van der Waals surface area (Å²) >= 11 is 1.58. The smallest absolute Gasteiger partial charge is 0.216 e. The van der Waals surface area contributed by atoms with Crippen molar-refractivity contribution in [2.24, 2.45) is 0 Å². The molecule has 0 saturated carbocycles. The molecule has 0 unspecified atom stereocenters. The molecule has 20 heavy (non-hydrogen) atoms. The van der Waals surface area contributed by atoms with E-state index in [0.29, 0.717) is 17.4 Å². The van der Waals surface area contributed by atoms with Gasteiger partial charge in [-0.05, 0) is 18.4 Å². The molecule has 0 aliphatic carbocycles. The lowest BCUT2D eigenvalue weighted by Gasteiger charge is -2.07. The maximum absolute atomic E-state index is 5.11. The summed E-state index contributed by atoms with van der Waals surface area (Å²) in [5.74, 6) is 1.89. The van der Waals surface area contributed by atoms with E-state index < -0.39 is 0 Å². The van der Waals surface area contributed by atoms with Gasteiger partial charge < -0.3 is 10.1 Å². The second-order valence-electron chi connectivity index (χ2n) is 4.01. The first-order valence-corrected chi connectivity index (χ1v) is 7.05. The van der Waals surface area contributed by atoms with Gasteiger partial charge in [0.2, 0.25) is 5.88 Å². The third kappa shape index (κ3) is 2.27. The highest BCUT2D eigenvalue weighted by Gasteiger charge is 2.11. The minimum absolute atomic E-state index is 0.495. The molecule has 3 aromatic heterocycles. The van der Waals surface area contributed by atoms with Crippen LogP contribution in [0.5, 0.6) is 5.88 Å². The number of hydrogen-bond acceptors (Lipinski definition) is 7. The van der Waals surface area contributed by atoms with Crippen molar-refractivity contribution in [1.29, 1.82) is 0 Å². The molecule has 0 radical (unpaired) electrons. The van der Waals surface area contributed by atoms with E-state index in [-0.39, 0.29) is 0 Å². The molecule has 3 heterocycles. The first-order chi connectivity index (χ1) is 9.81. The molecular weight excluding hydrogens is 274 g/mol. The van der Waals surface area contributed by atoms with Crippen molar-refractivity contribution in [1.82, 2.24) is 19.9 Å². The maximum atomic E-state index is 5.11. The Labute approximate surface area is 119 Å². The first kappa shape index (κ1) is 12.7. The lowest BCUT2D eigenvalue weighted by molar-refractivity contribution is 0.397. The van der Waals surface area contributed by atoms with Gasteiger partial charge in [0.05, 0.1) is 12.5 Å². The summed E-state index contributed by atoms with van der Waals surface area (Å²) < 4.78 is 5.11. The number of hydrogen-bond donors (Lipinski definition) is 1. The fourth-order valence-electron chi connectivity index (χ4n) is 1.85. The number of methoxy groups -OCH3 is 1. The zero-order valence-electron chi connectivity index (χ0n) is 11.1. The molecule has 0 aliphatic heterocycles. The van der Waals surface area contributed by atoms with Crippen molar-refractivity contribution in [3.05, 3.63) is 23.8 Å². The summed E-state index contributed by atoms with van der Waals surface area (Å²) in [5.41, 5.74) is 0.645. The molecule has 7 heteroatoms. The van der Waals surface area contributed by atoms with E-state index in [0.717, 1.165) is 22.6 Å². The molecular formula is C13H13N5OS. The molecule has 0 atom stereocenters. The highest BCUT2D eigenvalue weighted by molar-refractivity contribution is 7.16. The van der Waals surface area contributed by atoms with E-state index in [9.17, 15) is 0 Å². The largest absolute Gasteiger partial charge is 0.481 e. The highest BCUT2D eigenvalue weighted by Crippen LogP contribution is 2.28. The number of thiophene rings is 1. The first-order valence-electron chi connectivity index (χ1n) is 6.17. The van der Waals surface area contributed by atoms with E-state index in [2.05, 4.69) is 25.3 Å². The second-order valence-corrected chi connectivity index (χ2v) is 4.91. The van der Waals surface area contributed by atoms with E-state index in [4.69, 9.17) is 4.74 Å². The normalized spacial score (nSPS) is 10.7. The van der Waals surface area contributed by atoms with Crippen molar-refractivity contribution in [2.75, 3.05) is 19.0 Å². The molecule has 3 rings (SSSR count). The van der Waals surface area contributed by atoms with Gasteiger partial charge in [-0.2, -0.15) is 0 Å². The minimum atomic E-state index is 0.495. The molecule has 0 saturated heterocycles. The van der Waals surface area contributed by atoms with Crippen LogP contribution in [0, 0.1) is 0 Å². The van der Waals surface area contributed by atoms with Gasteiger partial charge in [0, 0.05) is 12.6 Å². The van der Waals surface area contributed by atoms with Crippen molar-refractivity contribution in [2.45, 2.75) is 6.92 Å². The Morgan fingerprint density at radius 1 is 1.30 bits per heavy atom. The van der Waals surface area contributed by atoms with Crippen LogP contribution >= 0.6 is 11.3 Å².